The Labute approximate surface area is 166 Å². The third-order valence-corrected chi connectivity index (χ3v) is 4.26. The Morgan fingerprint density at radius 1 is 1.14 bits per heavy atom. The Morgan fingerprint density at radius 2 is 1.86 bits per heavy atom. The number of esters is 1. The second kappa shape index (κ2) is 9.01. The number of carbonyl (C=O) groups is 2. The molecule has 1 heterocycles. The van der Waals surface area contributed by atoms with Crippen LogP contribution in [0.25, 0.3) is 10.9 Å². The van der Waals surface area contributed by atoms with Gasteiger partial charge >= 0.3 is 5.97 Å². The Hall–Kier alpha value is -3.68. The van der Waals surface area contributed by atoms with Gasteiger partial charge in [0.25, 0.3) is 11.5 Å². The number of ether oxygens (including phenoxy) is 2. The van der Waals surface area contributed by atoms with Crippen LogP contribution in [0.3, 0.4) is 0 Å². The van der Waals surface area contributed by atoms with Crippen LogP contribution in [0.4, 0.5) is 5.69 Å². The molecule has 0 saturated heterocycles. The topological polar surface area (TPSA) is 110 Å². The van der Waals surface area contributed by atoms with Crippen molar-refractivity contribution in [1.82, 2.24) is 9.97 Å². The summed E-state index contributed by atoms with van der Waals surface area (Å²) in [6.07, 6.45) is -0.777. The van der Waals surface area contributed by atoms with E-state index in [0.29, 0.717) is 28.2 Å². The summed E-state index contributed by atoms with van der Waals surface area (Å²) in [6.45, 7) is 1.49. The minimum absolute atomic E-state index is 0.0125. The molecular weight excluding hydrogens is 374 g/mol. The maximum Gasteiger partial charge on any atom is 0.307 e. The Kier molecular flexibility index (Phi) is 6.23. The van der Waals surface area contributed by atoms with Gasteiger partial charge in [0.2, 0.25) is 0 Å². The zero-order valence-corrected chi connectivity index (χ0v) is 16.1. The van der Waals surface area contributed by atoms with Crippen LogP contribution in [0.2, 0.25) is 0 Å². The zero-order valence-electron chi connectivity index (χ0n) is 16.1. The average Bonchev–Trinajstić information content (AvgIpc) is 2.73. The Balaban J connectivity index is 1.53. The third-order valence-electron chi connectivity index (χ3n) is 4.26. The predicted octanol–water partition coefficient (Wildman–Crippen LogP) is 2.43. The number of hydrogen-bond acceptors (Lipinski definition) is 6. The number of aromatic amines is 1. The Bertz CT molecular complexity index is 1080. The Morgan fingerprint density at radius 3 is 2.59 bits per heavy atom. The lowest BCUT2D eigenvalue weighted by Gasteiger charge is -2.13. The van der Waals surface area contributed by atoms with E-state index in [1.54, 1.807) is 55.6 Å². The number of aryl methyl sites for hydroxylation is 1. The molecule has 0 fully saturated rings. The molecule has 0 aliphatic heterocycles. The molecule has 0 spiro atoms. The fraction of sp³-hybridized carbons (Fsp3) is 0.238. The lowest BCUT2D eigenvalue weighted by Crippen LogP contribution is -2.30. The molecular formula is C21H21N3O5. The van der Waals surface area contributed by atoms with E-state index in [4.69, 9.17) is 9.47 Å². The first-order valence-electron chi connectivity index (χ1n) is 9.08. The van der Waals surface area contributed by atoms with Gasteiger partial charge in [-0.3, -0.25) is 14.4 Å². The fourth-order valence-electron chi connectivity index (χ4n) is 2.70. The molecule has 0 bridgehead atoms. The van der Waals surface area contributed by atoms with Crippen LogP contribution < -0.4 is 15.6 Å². The highest BCUT2D eigenvalue weighted by Gasteiger charge is 2.18. The first kappa shape index (κ1) is 20.1. The minimum Gasteiger partial charge on any atom is -0.497 e. The van der Waals surface area contributed by atoms with Crippen molar-refractivity contribution in [3.05, 3.63) is 64.7 Å². The summed E-state index contributed by atoms with van der Waals surface area (Å²) in [7, 11) is 1.55. The quantitative estimate of drug-likeness (QED) is 0.595. The van der Waals surface area contributed by atoms with Crippen LogP contribution >= 0.6 is 0 Å². The summed E-state index contributed by atoms with van der Waals surface area (Å²) < 4.78 is 10.2. The normalized spacial score (nSPS) is 11.7. The highest BCUT2D eigenvalue weighted by Crippen LogP contribution is 2.15. The number of nitrogens with zero attached hydrogens (tertiary/aromatic N) is 1. The van der Waals surface area contributed by atoms with Gasteiger partial charge in [0.1, 0.15) is 11.6 Å². The van der Waals surface area contributed by atoms with E-state index < -0.39 is 18.0 Å². The highest BCUT2D eigenvalue weighted by atomic mass is 16.5. The lowest BCUT2D eigenvalue weighted by molar-refractivity contribution is -0.153. The summed E-state index contributed by atoms with van der Waals surface area (Å²) in [4.78, 5) is 43.3. The molecule has 0 saturated carbocycles. The first-order chi connectivity index (χ1) is 14.0. The van der Waals surface area contributed by atoms with Crippen LogP contribution in [0, 0.1) is 0 Å². The van der Waals surface area contributed by atoms with Gasteiger partial charge in [-0.2, -0.15) is 0 Å². The number of nitrogens with one attached hydrogen (secondary N) is 2. The van der Waals surface area contributed by atoms with Crippen LogP contribution in [0.15, 0.2) is 53.3 Å². The zero-order chi connectivity index (χ0) is 20.8. The molecule has 3 aromatic rings. The number of anilines is 1. The van der Waals surface area contributed by atoms with Gasteiger partial charge in [0.15, 0.2) is 6.10 Å². The first-order valence-corrected chi connectivity index (χ1v) is 9.08. The standard InChI is InChI=1S/C21H21N3O5/c1-13(20(26)22-14-7-9-15(28-2)10-8-14)29-19(25)12-11-18-23-17-6-4-3-5-16(17)21(27)24-18/h3-10,13H,11-12H2,1-2H3,(H,22,26)(H,23,24,27)/t13-/m1/s1. The molecule has 150 valence electrons. The molecule has 1 atom stereocenters. The molecule has 0 unspecified atom stereocenters. The van der Waals surface area contributed by atoms with E-state index in [1.165, 1.54) is 6.92 Å². The second-order valence-corrected chi connectivity index (χ2v) is 6.38. The van der Waals surface area contributed by atoms with Crippen molar-refractivity contribution in [2.24, 2.45) is 0 Å². The van der Waals surface area contributed by atoms with Crippen molar-refractivity contribution in [1.29, 1.82) is 0 Å². The SMILES string of the molecule is COc1ccc(NC(=O)[C@@H](C)OC(=O)CCc2nc3ccccc3c(=O)[nH]2)cc1. The number of para-hydroxylation sites is 1. The van der Waals surface area contributed by atoms with E-state index in [-0.39, 0.29) is 18.4 Å². The summed E-state index contributed by atoms with van der Waals surface area (Å²) in [5, 5.41) is 3.16. The van der Waals surface area contributed by atoms with Crippen LogP contribution in [-0.2, 0) is 20.7 Å². The number of benzene rings is 2. The van der Waals surface area contributed by atoms with Crippen LogP contribution in [0.1, 0.15) is 19.2 Å². The van der Waals surface area contributed by atoms with E-state index in [2.05, 4.69) is 15.3 Å². The van der Waals surface area contributed by atoms with Crippen LogP contribution in [-0.4, -0.2) is 35.1 Å². The van der Waals surface area contributed by atoms with E-state index in [0.717, 1.165) is 0 Å². The summed E-state index contributed by atoms with van der Waals surface area (Å²) >= 11 is 0. The van der Waals surface area contributed by atoms with Gasteiger partial charge in [-0.25, -0.2) is 4.98 Å². The summed E-state index contributed by atoms with van der Waals surface area (Å²) in [5.41, 5.74) is 0.870. The number of amides is 1. The number of carbonyl (C=O) groups excluding carboxylic acids is 2. The largest absolute Gasteiger partial charge is 0.497 e. The van der Waals surface area contributed by atoms with Gasteiger partial charge in [0, 0.05) is 12.1 Å². The van der Waals surface area contributed by atoms with Crippen molar-refractivity contribution in [3.63, 3.8) is 0 Å². The molecule has 1 amide bonds. The van der Waals surface area contributed by atoms with E-state index in [9.17, 15) is 14.4 Å². The number of rotatable bonds is 7. The molecule has 2 N–H and O–H groups in total. The molecule has 1 aromatic heterocycles. The number of aromatic nitrogens is 2. The number of methoxy groups -OCH3 is 1. The smallest absolute Gasteiger partial charge is 0.307 e. The van der Waals surface area contributed by atoms with E-state index >= 15 is 0 Å². The van der Waals surface area contributed by atoms with Crippen molar-refractivity contribution >= 4 is 28.5 Å². The molecule has 2 aromatic carbocycles. The van der Waals surface area contributed by atoms with E-state index in [1.807, 2.05) is 0 Å². The van der Waals surface area contributed by atoms with Gasteiger partial charge in [-0.05, 0) is 43.3 Å². The van der Waals surface area contributed by atoms with Crippen molar-refractivity contribution in [3.8, 4) is 5.75 Å². The number of hydrogen-bond donors (Lipinski definition) is 2. The summed E-state index contributed by atoms with van der Waals surface area (Å²) in [5.74, 6) is 0.0581. The van der Waals surface area contributed by atoms with Gasteiger partial charge < -0.3 is 19.8 Å². The molecule has 0 aliphatic carbocycles. The number of H-pyrrole nitrogens is 1. The lowest BCUT2D eigenvalue weighted by atomic mass is 10.2. The van der Waals surface area contributed by atoms with Crippen molar-refractivity contribution in [2.75, 3.05) is 12.4 Å². The summed E-state index contributed by atoms with van der Waals surface area (Å²) in [6, 6.07) is 13.8. The molecule has 8 heteroatoms. The van der Waals surface area contributed by atoms with Crippen molar-refractivity contribution in [2.45, 2.75) is 25.9 Å². The molecule has 0 radical (unpaired) electrons. The fourth-order valence-corrected chi connectivity index (χ4v) is 2.70. The van der Waals surface area contributed by atoms with Crippen LogP contribution in [0.5, 0.6) is 5.75 Å². The van der Waals surface area contributed by atoms with Gasteiger partial charge in [0.05, 0.1) is 24.4 Å². The average molecular weight is 395 g/mol. The molecule has 8 nitrogen and oxygen atoms in total. The minimum atomic E-state index is -0.965. The third kappa shape index (κ3) is 5.19. The van der Waals surface area contributed by atoms with Gasteiger partial charge in [-0.15, -0.1) is 0 Å². The number of fused-ring (bicyclic) bond motifs is 1. The monoisotopic (exact) mass is 395 g/mol. The molecule has 3 rings (SSSR count). The maximum atomic E-state index is 12.2. The molecule has 29 heavy (non-hydrogen) atoms. The predicted molar refractivity (Wildman–Crippen MR) is 108 cm³/mol. The highest BCUT2D eigenvalue weighted by molar-refractivity contribution is 5.95. The second-order valence-electron chi connectivity index (χ2n) is 6.38. The van der Waals surface area contributed by atoms with Crippen molar-refractivity contribution < 1.29 is 19.1 Å². The molecule has 0 aliphatic rings. The van der Waals surface area contributed by atoms with Gasteiger partial charge in [-0.1, -0.05) is 12.1 Å². The maximum absolute atomic E-state index is 12.2.